The van der Waals surface area contributed by atoms with E-state index < -0.39 is 6.10 Å². The number of amides is 2. The highest BCUT2D eigenvalue weighted by molar-refractivity contribution is 5.92. The van der Waals surface area contributed by atoms with Crippen molar-refractivity contribution < 1.29 is 14.7 Å². The van der Waals surface area contributed by atoms with E-state index in [2.05, 4.69) is 0 Å². The monoisotopic (exact) mass is 226 g/mol. The van der Waals surface area contributed by atoms with E-state index in [9.17, 15) is 14.7 Å². The van der Waals surface area contributed by atoms with Gasteiger partial charge in [-0.2, -0.15) is 0 Å². The van der Waals surface area contributed by atoms with Crippen molar-refractivity contribution in [2.24, 2.45) is 0 Å². The van der Waals surface area contributed by atoms with E-state index in [-0.39, 0.29) is 30.9 Å². The molecule has 2 atom stereocenters. The van der Waals surface area contributed by atoms with Crippen LogP contribution in [0.1, 0.15) is 26.2 Å². The van der Waals surface area contributed by atoms with Crippen LogP contribution >= 0.6 is 0 Å². The van der Waals surface area contributed by atoms with Gasteiger partial charge >= 0.3 is 0 Å². The largest absolute Gasteiger partial charge is 0.391 e. The second-order valence-electron chi connectivity index (χ2n) is 4.50. The van der Waals surface area contributed by atoms with Crippen LogP contribution in [0.15, 0.2) is 0 Å². The summed E-state index contributed by atoms with van der Waals surface area (Å²) in [6.07, 6.45) is 2.03. The van der Waals surface area contributed by atoms with Crippen LogP contribution < -0.4 is 0 Å². The third kappa shape index (κ3) is 1.91. The highest BCUT2D eigenvalue weighted by Gasteiger charge is 2.38. The molecule has 0 aromatic rings. The molecule has 2 fully saturated rings. The first-order valence-electron chi connectivity index (χ1n) is 5.88. The van der Waals surface area contributed by atoms with E-state index in [0.717, 1.165) is 19.3 Å². The second kappa shape index (κ2) is 4.41. The van der Waals surface area contributed by atoms with Crippen LogP contribution in [0.3, 0.4) is 0 Å². The molecule has 1 aliphatic heterocycles. The van der Waals surface area contributed by atoms with E-state index in [1.165, 1.54) is 0 Å². The van der Waals surface area contributed by atoms with Crippen molar-refractivity contribution >= 4 is 11.8 Å². The van der Waals surface area contributed by atoms with Crippen LogP contribution in [0, 0.1) is 0 Å². The molecule has 0 aromatic heterocycles. The van der Waals surface area contributed by atoms with Crippen LogP contribution in [0.5, 0.6) is 0 Å². The molecule has 0 aromatic carbocycles. The summed E-state index contributed by atoms with van der Waals surface area (Å²) in [5.41, 5.74) is 0. The highest BCUT2D eigenvalue weighted by Crippen LogP contribution is 2.25. The maximum absolute atomic E-state index is 11.9. The molecule has 2 amide bonds. The van der Waals surface area contributed by atoms with Gasteiger partial charge in [0.05, 0.1) is 18.7 Å². The third-order valence-corrected chi connectivity index (χ3v) is 3.53. The zero-order valence-corrected chi connectivity index (χ0v) is 9.56. The van der Waals surface area contributed by atoms with Gasteiger partial charge in [0.2, 0.25) is 11.8 Å². The van der Waals surface area contributed by atoms with Crippen LogP contribution in [-0.2, 0) is 9.59 Å². The zero-order valence-electron chi connectivity index (χ0n) is 9.56. The van der Waals surface area contributed by atoms with Gasteiger partial charge < -0.3 is 14.9 Å². The number of hydrogen-bond donors (Lipinski definition) is 1. The van der Waals surface area contributed by atoms with Crippen molar-refractivity contribution in [2.45, 2.75) is 38.3 Å². The molecular formula is C11H18N2O3. The topological polar surface area (TPSA) is 60.9 Å². The van der Waals surface area contributed by atoms with Crippen molar-refractivity contribution in [3.8, 4) is 0 Å². The van der Waals surface area contributed by atoms with Gasteiger partial charge in [0.25, 0.3) is 0 Å². The predicted molar refractivity (Wildman–Crippen MR) is 57.6 cm³/mol. The summed E-state index contributed by atoms with van der Waals surface area (Å²) in [5, 5.41) is 9.75. The van der Waals surface area contributed by atoms with E-state index in [4.69, 9.17) is 0 Å². The molecule has 0 bridgehead atoms. The normalized spacial score (nSPS) is 31.4. The Balaban J connectivity index is 2.06. The lowest BCUT2D eigenvalue weighted by Crippen LogP contribution is -2.58. The number of aliphatic hydroxyl groups excluding tert-OH is 1. The predicted octanol–water partition coefficient (Wildman–Crippen LogP) is -0.410. The number of carbonyl (C=O) groups is 2. The number of rotatable bonds is 2. The average molecular weight is 226 g/mol. The minimum atomic E-state index is -0.454. The first-order chi connectivity index (χ1) is 7.63. The van der Waals surface area contributed by atoms with Crippen molar-refractivity contribution in [3.05, 3.63) is 0 Å². The molecule has 1 heterocycles. The Morgan fingerprint density at radius 2 is 2.00 bits per heavy atom. The molecule has 0 radical (unpaired) electrons. The van der Waals surface area contributed by atoms with Crippen molar-refractivity contribution in [3.63, 3.8) is 0 Å². The van der Waals surface area contributed by atoms with Crippen molar-refractivity contribution in [1.82, 2.24) is 9.80 Å². The number of nitrogens with zero attached hydrogens (tertiary/aromatic N) is 2. The van der Waals surface area contributed by atoms with E-state index in [1.807, 2.05) is 6.92 Å². The molecule has 1 aliphatic carbocycles. The summed E-state index contributed by atoms with van der Waals surface area (Å²) < 4.78 is 0. The summed E-state index contributed by atoms with van der Waals surface area (Å²) >= 11 is 0. The highest BCUT2D eigenvalue weighted by atomic mass is 16.3. The first-order valence-corrected chi connectivity index (χ1v) is 5.88. The van der Waals surface area contributed by atoms with Crippen LogP contribution in [-0.4, -0.2) is 58.5 Å². The third-order valence-electron chi connectivity index (χ3n) is 3.53. The molecule has 5 heteroatoms. The van der Waals surface area contributed by atoms with Gasteiger partial charge in [-0.05, 0) is 26.2 Å². The van der Waals surface area contributed by atoms with E-state index in [0.29, 0.717) is 6.54 Å². The quantitative estimate of drug-likeness (QED) is 0.696. The molecular weight excluding hydrogens is 208 g/mol. The van der Waals surface area contributed by atoms with Gasteiger partial charge in [0.1, 0.15) is 6.54 Å². The van der Waals surface area contributed by atoms with Gasteiger partial charge in [-0.3, -0.25) is 9.59 Å². The molecule has 16 heavy (non-hydrogen) atoms. The lowest BCUT2D eigenvalue weighted by Gasteiger charge is -2.37. The summed E-state index contributed by atoms with van der Waals surface area (Å²) in [6.45, 7) is 2.74. The fourth-order valence-corrected chi connectivity index (χ4v) is 2.55. The smallest absolute Gasteiger partial charge is 0.243 e. The van der Waals surface area contributed by atoms with Gasteiger partial charge in [-0.15, -0.1) is 0 Å². The lowest BCUT2D eigenvalue weighted by molar-refractivity contribution is -0.153. The van der Waals surface area contributed by atoms with Gasteiger partial charge in [-0.25, -0.2) is 0 Å². The van der Waals surface area contributed by atoms with Crippen molar-refractivity contribution in [2.75, 3.05) is 19.6 Å². The second-order valence-corrected chi connectivity index (χ2v) is 4.50. The number of carbonyl (C=O) groups excluding carboxylic acids is 2. The Morgan fingerprint density at radius 3 is 2.56 bits per heavy atom. The molecule has 90 valence electrons. The number of likely N-dealkylation sites (N-methyl/N-ethyl adjacent to an activating group) is 1. The molecule has 2 aliphatic rings. The molecule has 5 nitrogen and oxygen atoms in total. The Labute approximate surface area is 95.0 Å². The van der Waals surface area contributed by atoms with Crippen LogP contribution in [0.25, 0.3) is 0 Å². The maximum atomic E-state index is 11.9. The molecule has 1 N–H and O–H groups in total. The van der Waals surface area contributed by atoms with Crippen LogP contribution in [0.4, 0.5) is 0 Å². The number of hydrogen-bond acceptors (Lipinski definition) is 3. The average Bonchev–Trinajstić information content (AvgIpc) is 2.67. The fourth-order valence-electron chi connectivity index (χ4n) is 2.55. The first kappa shape index (κ1) is 11.4. The summed E-state index contributed by atoms with van der Waals surface area (Å²) in [5.74, 6) is -0.0476. The van der Waals surface area contributed by atoms with Gasteiger partial charge in [-0.1, -0.05) is 0 Å². The number of aliphatic hydroxyl groups is 1. The van der Waals surface area contributed by atoms with Crippen molar-refractivity contribution in [1.29, 1.82) is 0 Å². The summed E-state index contributed by atoms with van der Waals surface area (Å²) in [4.78, 5) is 26.7. The Morgan fingerprint density at radius 1 is 1.25 bits per heavy atom. The summed E-state index contributed by atoms with van der Waals surface area (Å²) in [6, 6.07) is -0.143. The molecule has 0 unspecified atom stereocenters. The molecule has 2 rings (SSSR count). The van der Waals surface area contributed by atoms with E-state index in [1.54, 1.807) is 9.80 Å². The Hall–Kier alpha value is -1.10. The maximum Gasteiger partial charge on any atom is 0.243 e. The SMILES string of the molecule is CCN1CC(=O)N([C@H]2CCC[C@@H]2O)CC1=O. The Bertz CT molecular complexity index is 306. The zero-order chi connectivity index (χ0) is 11.7. The summed E-state index contributed by atoms with van der Waals surface area (Å²) in [7, 11) is 0. The fraction of sp³-hybridized carbons (Fsp3) is 0.818. The molecule has 0 spiro atoms. The minimum Gasteiger partial charge on any atom is -0.391 e. The number of piperazine rings is 1. The van der Waals surface area contributed by atoms with Gasteiger partial charge in [0.15, 0.2) is 0 Å². The lowest BCUT2D eigenvalue weighted by atomic mass is 10.1. The van der Waals surface area contributed by atoms with Crippen LogP contribution in [0.2, 0.25) is 0 Å². The molecule has 1 saturated carbocycles. The van der Waals surface area contributed by atoms with Gasteiger partial charge in [0, 0.05) is 6.54 Å². The Kier molecular flexibility index (Phi) is 3.14. The molecule has 1 saturated heterocycles. The van der Waals surface area contributed by atoms with E-state index >= 15 is 0 Å². The standard InChI is InChI=1S/C11H18N2O3/c1-2-12-6-11(16)13(7-10(12)15)8-4-3-5-9(8)14/h8-9,14H,2-7H2,1H3/t8-,9-/m0/s1. The minimum absolute atomic E-state index is 0.0128.